The van der Waals surface area contributed by atoms with Gasteiger partial charge in [-0.25, -0.2) is 4.39 Å². The summed E-state index contributed by atoms with van der Waals surface area (Å²) < 4.78 is 18.9. The van der Waals surface area contributed by atoms with Gasteiger partial charge in [0, 0.05) is 23.7 Å². The zero-order chi connectivity index (χ0) is 19.3. The fourth-order valence-corrected chi connectivity index (χ4v) is 3.43. The number of hydrogen-bond donors (Lipinski definition) is 2. The number of carbonyl (C=O) groups is 1. The first-order chi connectivity index (χ1) is 13.7. The molecule has 1 aliphatic rings. The van der Waals surface area contributed by atoms with Crippen LogP contribution < -0.4 is 15.4 Å². The molecule has 2 atom stereocenters. The first kappa shape index (κ1) is 18.2. The van der Waals surface area contributed by atoms with E-state index >= 15 is 0 Å². The number of carbonyl (C=O) groups excluding carboxylic acids is 1. The van der Waals surface area contributed by atoms with Crippen molar-refractivity contribution in [1.29, 1.82) is 0 Å². The predicted octanol–water partition coefficient (Wildman–Crippen LogP) is 4.62. The first-order valence-corrected chi connectivity index (χ1v) is 9.30. The van der Waals surface area contributed by atoms with E-state index in [1.807, 2.05) is 54.6 Å². The molecule has 2 N–H and O–H groups in total. The minimum atomic E-state index is -0.553. The predicted molar refractivity (Wildman–Crippen MR) is 107 cm³/mol. The lowest BCUT2D eigenvalue weighted by atomic mass is 9.97. The molecule has 0 aliphatic carbocycles. The van der Waals surface area contributed by atoms with Gasteiger partial charge in [0.25, 0.3) is 0 Å². The summed E-state index contributed by atoms with van der Waals surface area (Å²) in [5, 5.41) is 6.38. The Bertz CT molecular complexity index is 944. The summed E-state index contributed by atoms with van der Waals surface area (Å²) in [6, 6.07) is 22.7. The highest BCUT2D eigenvalue weighted by atomic mass is 19.1. The van der Waals surface area contributed by atoms with Crippen LogP contribution in [0, 0.1) is 5.82 Å². The summed E-state index contributed by atoms with van der Waals surface area (Å²) in [6.45, 7) is 0.593. The minimum absolute atomic E-state index is 0.00544. The van der Waals surface area contributed by atoms with Gasteiger partial charge in [0.15, 0.2) is 0 Å². The van der Waals surface area contributed by atoms with E-state index < -0.39 is 6.04 Å². The smallest absolute Gasteiger partial charge is 0.246 e. The van der Waals surface area contributed by atoms with Crippen molar-refractivity contribution in [3.8, 4) is 5.75 Å². The van der Waals surface area contributed by atoms with Crippen LogP contribution in [0.3, 0.4) is 0 Å². The van der Waals surface area contributed by atoms with Crippen LogP contribution in [-0.2, 0) is 4.79 Å². The second-order valence-electron chi connectivity index (χ2n) is 6.73. The summed E-state index contributed by atoms with van der Waals surface area (Å²) in [5.74, 6) is 0.313. The van der Waals surface area contributed by atoms with Gasteiger partial charge < -0.3 is 10.1 Å². The minimum Gasteiger partial charge on any atom is -0.493 e. The van der Waals surface area contributed by atoms with Crippen LogP contribution in [0.1, 0.15) is 29.6 Å². The van der Waals surface area contributed by atoms with E-state index in [4.69, 9.17) is 4.74 Å². The summed E-state index contributed by atoms with van der Waals surface area (Å²) >= 11 is 0. The number of halogens is 1. The van der Waals surface area contributed by atoms with E-state index in [0.717, 1.165) is 23.3 Å². The summed E-state index contributed by atoms with van der Waals surface area (Å²) in [7, 11) is 0. The summed E-state index contributed by atoms with van der Waals surface area (Å²) in [5.41, 5.74) is 2.47. The molecule has 1 heterocycles. The maximum Gasteiger partial charge on any atom is 0.246 e. The van der Waals surface area contributed by atoms with Crippen LogP contribution in [0.5, 0.6) is 5.75 Å². The highest BCUT2D eigenvalue weighted by Crippen LogP contribution is 2.33. The number of anilines is 1. The van der Waals surface area contributed by atoms with Crippen molar-refractivity contribution in [2.24, 2.45) is 0 Å². The molecule has 142 valence electrons. The zero-order valence-corrected chi connectivity index (χ0v) is 15.3. The number of amides is 1. The Morgan fingerprint density at radius 2 is 1.68 bits per heavy atom. The molecule has 1 amide bonds. The fraction of sp³-hybridized carbons (Fsp3) is 0.174. The third-order valence-corrected chi connectivity index (χ3v) is 4.83. The lowest BCUT2D eigenvalue weighted by Gasteiger charge is -2.30. The molecule has 4 rings (SSSR count). The average Bonchev–Trinajstić information content (AvgIpc) is 2.74. The molecule has 1 aliphatic heterocycles. The molecular weight excluding hydrogens is 355 g/mol. The molecule has 3 aromatic carbocycles. The molecule has 0 radical (unpaired) electrons. The normalized spacial score (nSPS) is 16.5. The number of nitrogens with one attached hydrogen (secondary N) is 2. The summed E-state index contributed by atoms with van der Waals surface area (Å²) in [4.78, 5) is 13.1. The molecule has 3 aromatic rings. The third-order valence-electron chi connectivity index (χ3n) is 4.83. The molecule has 0 bridgehead atoms. The highest BCUT2D eigenvalue weighted by Gasteiger charge is 2.28. The van der Waals surface area contributed by atoms with E-state index in [9.17, 15) is 9.18 Å². The molecule has 0 spiro atoms. The van der Waals surface area contributed by atoms with Crippen LogP contribution in [0.25, 0.3) is 0 Å². The van der Waals surface area contributed by atoms with Gasteiger partial charge in [-0.3, -0.25) is 10.1 Å². The van der Waals surface area contributed by atoms with Gasteiger partial charge in [-0.1, -0.05) is 48.5 Å². The molecule has 4 nitrogen and oxygen atoms in total. The van der Waals surface area contributed by atoms with E-state index in [2.05, 4.69) is 10.6 Å². The number of benzene rings is 3. The van der Waals surface area contributed by atoms with E-state index in [-0.39, 0.29) is 17.8 Å². The van der Waals surface area contributed by atoms with Gasteiger partial charge in [-0.05, 0) is 35.9 Å². The van der Waals surface area contributed by atoms with Gasteiger partial charge >= 0.3 is 0 Å². The van der Waals surface area contributed by atoms with Crippen molar-refractivity contribution in [3.63, 3.8) is 0 Å². The Hall–Kier alpha value is -3.18. The zero-order valence-electron chi connectivity index (χ0n) is 15.3. The molecule has 5 heteroatoms. The topological polar surface area (TPSA) is 50.4 Å². The van der Waals surface area contributed by atoms with Gasteiger partial charge in [0.05, 0.1) is 6.61 Å². The lowest BCUT2D eigenvalue weighted by Crippen LogP contribution is -2.37. The Kier molecular flexibility index (Phi) is 5.35. The molecule has 0 saturated carbocycles. The van der Waals surface area contributed by atoms with Gasteiger partial charge in [-0.15, -0.1) is 0 Å². The molecule has 28 heavy (non-hydrogen) atoms. The largest absolute Gasteiger partial charge is 0.493 e. The maximum atomic E-state index is 13.2. The second kappa shape index (κ2) is 8.23. The Morgan fingerprint density at radius 1 is 0.964 bits per heavy atom. The summed E-state index contributed by atoms with van der Waals surface area (Å²) in [6.07, 6.45) is 0.768. The maximum absolute atomic E-state index is 13.2. The lowest BCUT2D eigenvalue weighted by molar-refractivity contribution is -0.118. The second-order valence-corrected chi connectivity index (χ2v) is 6.73. The van der Waals surface area contributed by atoms with Crippen LogP contribution in [0.2, 0.25) is 0 Å². The highest BCUT2D eigenvalue weighted by molar-refractivity contribution is 5.95. The van der Waals surface area contributed by atoms with Gasteiger partial charge in [-0.2, -0.15) is 0 Å². The Morgan fingerprint density at radius 3 is 2.46 bits per heavy atom. The van der Waals surface area contributed by atoms with Crippen molar-refractivity contribution < 1.29 is 13.9 Å². The number of ether oxygens (including phenoxy) is 1. The average molecular weight is 376 g/mol. The monoisotopic (exact) mass is 376 g/mol. The van der Waals surface area contributed by atoms with Crippen molar-refractivity contribution in [2.75, 3.05) is 11.9 Å². The number of fused-ring (bicyclic) bond motifs is 1. The SMILES string of the molecule is O=C(Nc1ccc(F)cc1)[C@H](N[C@@H]1CCOc2ccccc21)c1ccccc1. The van der Waals surface area contributed by atoms with Crippen LogP contribution >= 0.6 is 0 Å². The molecule has 0 unspecified atom stereocenters. The molecule has 0 saturated heterocycles. The number of para-hydroxylation sites is 1. The number of hydrogen-bond acceptors (Lipinski definition) is 3. The third kappa shape index (κ3) is 4.05. The van der Waals surface area contributed by atoms with E-state index in [1.54, 1.807) is 12.1 Å². The van der Waals surface area contributed by atoms with Crippen molar-refractivity contribution in [2.45, 2.75) is 18.5 Å². The van der Waals surface area contributed by atoms with Crippen LogP contribution in [0.15, 0.2) is 78.9 Å². The van der Waals surface area contributed by atoms with E-state index in [1.165, 1.54) is 12.1 Å². The van der Waals surface area contributed by atoms with Gasteiger partial charge in [0.2, 0.25) is 5.91 Å². The fourth-order valence-electron chi connectivity index (χ4n) is 3.43. The number of rotatable bonds is 5. The first-order valence-electron chi connectivity index (χ1n) is 9.30. The van der Waals surface area contributed by atoms with E-state index in [0.29, 0.717) is 12.3 Å². The van der Waals surface area contributed by atoms with Crippen LogP contribution in [-0.4, -0.2) is 12.5 Å². The quantitative estimate of drug-likeness (QED) is 0.683. The Balaban J connectivity index is 1.60. The Labute approximate surface area is 163 Å². The van der Waals surface area contributed by atoms with Crippen molar-refractivity contribution in [3.05, 3.63) is 95.8 Å². The molecular formula is C23H21FN2O2. The molecule has 0 fully saturated rings. The van der Waals surface area contributed by atoms with Crippen LogP contribution in [0.4, 0.5) is 10.1 Å². The molecule has 0 aromatic heterocycles. The van der Waals surface area contributed by atoms with Crippen molar-refractivity contribution in [1.82, 2.24) is 5.32 Å². The van der Waals surface area contributed by atoms with Crippen molar-refractivity contribution >= 4 is 11.6 Å². The standard InChI is InChI=1S/C23H21FN2O2/c24-17-10-12-18(13-11-17)25-23(27)22(16-6-2-1-3-7-16)26-20-14-15-28-21-9-5-4-8-19(20)21/h1-13,20,22,26H,14-15H2,(H,25,27)/t20-,22-/m1/s1. The van der Waals surface area contributed by atoms with Gasteiger partial charge in [0.1, 0.15) is 17.6 Å².